The third-order valence-corrected chi connectivity index (χ3v) is 3.07. The Morgan fingerprint density at radius 2 is 1.71 bits per heavy atom. The predicted octanol–water partition coefficient (Wildman–Crippen LogP) is 2.56. The Balaban J connectivity index is 2.95. The summed E-state index contributed by atoms with van der Waals surface area (Å²) in [6, 6.07) is 0.434. The zero-order chi connectivity index (χ0) is 10.6. The SMILES string of the molecule is CCC(C)(CC)c1cnc(OC)nc1. The molecule has 14 heavy (non-hydrogen) atoms. The first kappa shape index (κ1) is 11.0. The third kappa shape index (κ3) is 2.03. The molecule has 0 bridgehead atoms. The second-order valence-electron chi connectivity index (χ2n) is 3.73. The molecule has 0 aliphatic carbocycles. The van der Waals surface area contributed by atoms with Crippen molar-refractivity contribution >= 4 is 0 Å². The summed E-state index contributed by atoms with van der Waals surface area (Å²) in [6.45, 7) is 6.61. The van der Waals surface area contributed by atoms with Gasteiger partial charge in [-0.1, -0.05) is 20.8 Å². The van der Waals surface area contributed by atoms with Crippen molar-refractivity contribution in [3.8, 4) is 6.01 Å². The third-order valence-electron chi connectivity index (χ3n) is 3.07. The van der Waals surface area contributed by atoms with Gasteiger partial charge in [0, 0.05) is 12.4 Å². The minimum Gasteiger partial charge on any atom is -0.467 e. The molecule has 1 rings (SSSR count). The summed E-state index contributed by atoms with van der Waals surface area (Å²) in [6.07, 6.45) is 5.91. The highest BCUT2D eigenvalue weighted by Gasteiger charge is 2.22. The fraction of sp³-hybridized carbons (Fsp3) is 0.636. The first-order valence-electron chi connectivity index (χ1n) is 5.02. The molecule has 1 aromatic rings. The van der Waals surface area contributed by atoms with Crippen molar-refractivity contribution in [1.82, 2.24) is 9.97 Å². The van der Waals surface area contributed by atoms with Crippen LogP contribution < -0.4 is 4.74 Å². The Hall–Kier alpha value is -1.12. The fourth-order valence-electron chi connectivity index (χ4n) is 1.39. The van der Waals surface area contributed by atoms with Crippen molar-refractivity contribution < 1.29 is 4.74 Å². The molecule has 78 valence electrons. The molecule has 0 N–H and O–H groups in total. The lowest BCUT2D eigenvalue weighted by Gasteiger charge is -2.26. The molecule has 0 amide bonds. The highest BCUT2D eigenvalue weighted by Crippen LogP contribution is 2.30. The Morgan fingerprint density at radius 1 is 1.21 bits per heavy atom. The van der Waals surface area contributed by atoms with Gasteiger partial charge in [0.1, 0.15) is 0 Å². The summed E-state index contributed by atoms with van der Waals surface area (Å²) in [7, 11) is 1.58. The summed E-state index contributed by atoms with van der Waals surface area (Å²) in [5.41, 5.74) is 1.37. The second-order valence-corrected chi connectivity index (χ2v) is 3.73. The molecule has 0 aliphatic heterocycles. The largest absolute Gasteiger partial charge is 0.467 e. The van der Waals surface area contributed by atoms with E-state index in [9.17, 15) is 0 Å². The van der Waals surface area contributed by atoms with Gasteiger partial charge in [-0.2, -0.15) is 0 Å². The van der Waals surface area contributed by atoms with E-state index in [1.807, 2.05) is 12.4 Å². The summed E-state index contributed by atoms with van der Waals surface area (Å²) >= 11 is 0. The molecule has 1 heterocycles. The maximum atomic E-state index is 4.93. The van der Waals surface area contributed by atoms with Crippen molar-refractivity contribution in [2.75, 3.05) is 7.11 Å². The van der Waals surface area contributed by atoms with Crippen LogP contribution in [-0.4, -0.2) is 17.1 Å². The number of hydrogen-bond donors (Lipinski definition) is 0. The number of methoxy groups -OCH3 is 1. The van der Waals surface area contributed by atoms with Gasteiger partial charge in [-0.05, 0) is 23.8 Å². The van der Waals surface area contributed by atoms with Crippen LogP contribution in [-0.2, 0) is 5.41 Å². The second kappa shape index (κ2) is 4.40. The zero-order valence-electron chi connectivity index (χ0n) is 9.37. The van der Waals surface area contributed by atoms with E-state index in [1.54, 1.807) is 7.11 Å². The van der Waals surface area contributed by atoms with Gasteiger partial charge in [0.15, 0.2) is 0 Å². The first-order valence-corrected chi connectivity index (χ1v) is 5.02. The normalized spacial score (nSPS) is 11.4. The van der Waals surface area contributed by atoms with Gasteiger partial charge in [0.2, 0.25) is 0 Å². The van der Waals surface area contributed by atoms with E-state index in [-0.39, 0.29) is 5.41 Å². The van der Waals surface area contributed by atoms with Crippen molar-refractivity contribution in [2.45, 2.75) is 39.0 Å². The molecule has 3 nitrogen and oxygen atoms in total. The van der Waals surface area contributed by atoms with Crippen LogP contribution in [0.3, 0.4) is 0 Å². The summed E-state index contributed by atoms with van der Waals surface area (Å²) in [4.78, 5) is 8.25. The van der Waals surface area contributed by atoms with E-state index in [2.05, 4.69) is 30.7 Å². The van der Waals surface area contributed by atoms with E-state index in [0.29, 0.717) is 6.01 Å². The number of nitrogens with zero attached hydrogens (tertiary/aromatic N) is 2. The van der Waals surface area contributed by atoms with Crippen LogP contribution in [0.1, 0.15) is 39.2 Å². The fourth-order valence-corrected chi connectivity index (χ4v) is 1.39. The van der Waals surface area contributed by atoms with Crippen molar-refractivity contribution in [3.05, 3.63) is 18.0 Å². The van der Waals surface area contributed by atoms with Gasteiger partial charge >= 0.3 is 6.01 Å². The lowest BCUT2D eigenvalue weighted by molar-refractivity contribution is 0.374. The van der Waals surface area contributed by atoms with Crippen LogP contribution in [0.15, 0.2) is 12.4 Å². The highest BCUT2D eigenvalue weighted by molar-refractivity contribution is 5.18. The van der Waals surface area contributed by atoms with Crippen LogP contribution in [0, 0.1) is 0 Å². The number of aromatic nitrogens is 2. The maximum Gasteiger partial charge on any atom is 0.316 e. The van der Waals surface area contributed by atoms with Crippen LogP contribution in [0.2, 0.25) is 0 Å². The topological polar surface area (TPSA) is 35.0 Å². The number of rotatable bonds is 4. The lowest BCUT2D eigenvalue weighted by atomic mass is 9.79. The van der Waals surface area contributed by atoms with Crippen molar-refractivity contribution in [2.24, 2.45) is 0 Å². The molecule has 0 aromatic carbocycles. The minimum atomic E-state index is 0.187. The van der Waals surface area contributed by atoms with Gasteiger partial charge in [-0.25, -0.2) is 9.97 Å². The average molecular weight is 194 g/mol. The van der Waals surface area contributed by atoms with Gasteiger partial charge in [-0.15, -0.1) is 0 Å². The molecular weight excluding hydrogens is 176 g/mol. The van der Waals surface area contributed by atoms with Crippen LogP contribution in [0.25, 0.3) is 0 Å². The van der Waals surface area contributed by atoms with E-state index in [1.165, 1.54) is 5.56 Å². The Labute approximate surface area is 85.5 Å². The molecule has 0 aliphatic rings. The Kier molecular flexibility index (Phi) is 3.44. The maximum absolute atomic E-state index is 4.93. The molecule has 1 aromatic heterocycles. The molecule has 0 unspecified atom stereocenters. The highest BCUT2D eigenvalue weighted by atomic mass is 16.5. The van der Waals surface area contributed by atoms with Crippen LogP contribution >= 0.6 is 0 Å². The minimum absolute atomic E-state index is 0.187. The molecule has 0 atom stereocenters. The standard InChI is InChI=1S/C11H18N2O/c1-5-11(3,6-2)9-7-12-10(14-4)13-8-9/h7-8H,5-6H2,1-4H3. The van der Waals surface area contributed by atoms with E-state index < -0.39 is 0 Å². The van der Waals surface area contributed by atoms with E-state index in [4.69, 9.17) is 4.74 Å². The average Bonchev–Trinajstić information content (AvgIpc) is 2.28. The Morgan fingerprint density at radius 3 is 2.07 bits per heavy atom. The summed E-state index contributed by atoms with van der Waals surface area (Å²) in [5, 5.41) is 0. The Bertz CT molecular complexity index is 278. The van der Waals surface area contributed by atoms with Crippen molar-refractivity contribution in [1.29, 1.82) is 0 Å². The molecule has 3 heteroatoms. The summed E-state index contributed by atoms with van der Waals surface area (Å²) in [5.74, 6) is 0. The monoisotopic (exact) mass is 194 g/mol. The van der Waals surface area contributed by atoms with E-state index in [0.717, 1.165) is 12.8 Å². The zero-order valence-corrected chi connectivity index (χ0v) is 9.37. The smallest absolute Gasteiger partial charge is 0.316 e. The van der Waals surface area contributed by atoms with Gasteiger partial charge in [-0.3, -0.25) is 0 Å². The lowest BCUT2D eigenvalue weighted by Crippen LogP contribution is -2.20. The van der Waals surface area contributed by atoms with Crippen LogP contribution in [0.5, 0.6) is 6.01 Å². The van der Waals surface area contributed by atoms with E-state index >= 15 is 0 Å². The number of ether oxygens (including phenoxy) is 1. The molecule has 0 fully saturated rings. The summed E-state index contributed by atoms with van der Waals surface area (Å²) < 4.78 is 4.93. The van der Waals surface area contributed by atoms with Gasteiger partial charge in [0.25, 0.3) is 0 Å². The quantitative estimate of drug-likeness (QED) is 0.739. The van der Waals surface area contributed by atoms with Crippen molar-refractivity contribution in [3.63, 3.8) is 0 Å². The van der Waals surface area contributed by atoms with Crippen LogP contribution in [0.4, 0.5) is 0 Å². The molecular formula is C11H18N2O. The predicted molar refractivity (Wildman–Crippen MR) is 56.5 cm³/mol. The molecule has 0 saturated carbocycles. The molecule has 0 saturated heterocycles. The van der Waals surface area contributed by atoms with Gasteiger partial charge in [0.05, 0.1) is 7.11 Å². The molecule has 0 radical (unpaired) electrons. The van der Waals surface area contributed by atoms with Gasteiger partial charge < -0.3 is 4.74 Å². The number of hydrogen-bond acceptors (Lipinski definition) is 3. The first-order chi connectivity index (χ1) is 6.66. The molecule has 0 spiro atoms.